The lowest BCUT2D eigenvalue weighted by molar-refractivity contribution is -0.168. The maximum Gasteiger partial charge on any atom is 0.267 e. The number of hydroxylamine groups is 2. The van der Waals surface area contributed by atoms with Crippen molar-refractivity contribution in [1.29, 1.82) is 0 Å². The second-order valence-electron chi connectivity index (χ2n) is 7.11. The molecule has 2 aromatic rings. The predicted octanol–water partition coefficient (Wildman–Crippen LogP) is 4.76. The topological polar surface area (TPSA) is 58.6 Å². The van der Waals surface area contributed by atoms with Gasteiger partial charge in [0.15, 0.2) is 0 Å². The van der Waals surface area contributed by atoms with Crippen LogP contribution in [-0.4, -0.2) is 23.5 Å². The molecular formula is C24H22ClFN2O3. The van der Waals surface area contributed by atoms with Crippen LogP contribution < -0.4 is 5.32 Å². The molecule has 5 nitrogen and oxygen atoms in total. The number of nitrogens with one attached hydrogen (secondary N) is 1. The molecule has 1 aliphatic heterocycles. The largest absolute Gasteiger partial charge is 0.351 e. The highest BCUT2D eigenvalue weighted by molar-refractivity contribution is 6.31. The van der Waals surface area contributed by atoms with Gasteiger partial charge in [-0.2, -0.15) is 5.06 Å². The van der Waals surface area contributed by atoms with Crippen molar-refractivity contribution in [1.82, 2.24) is 10.4 Å². The monoisotopic (exact) mass is 440 g/mol. The molecule has 0 saturated carbocycles. The molecule has 3 rings (SSSR count). The maximum absolute atomic E-state index is 13.2. The Balaban J connectivity index is 1.87. The minimum atomic E-state index is -1.14. The van der Waals surface area contributed by atoms with E-state index in [0.717, 1.165) is 10.6 Å². The van der Waals surface area contributed by atoms with Crippen molar-refractivity contribution in [3.05, 3.63) is 101 Å². The van der Waals surface area contributed by atoms with Crippen molar-refractivity contribution in [2.75, 3.05) is 6.61 Å². The summed E-state index contributed by atoms with van der Waals surface area (Å²) >= 11 is 6.14. The van der Waals surface area contributed by atoms with Crippen LogP contribution in [0.2, 0.25) is 5.02 Å². The van der Waals surface area contributed by atoms with Gasteiger partial charge in [0.25, 0.3) is 5.91 Å². The van der Waals surface area contributed by atoms with Crippen LogP contribution >= 0.6 is 11.6 Å². The third kappa shape index (κ3) is 5.10. The van der Waals surface area contributed by atoms with Crippen molar-refractivity contribution >= 4 is 29.1 Å². The van der Waals surface area contributed by atoms with Gasteiger partial charge in [-0.3, -0.25) is 14.4 Å². The number of carbonyl (C=O) groups is 2. The Morgan fingerprint density at radius 3 is 2.68 bits per heavy atom. The van der Waals surface area contributed by atoms with E-state index in [9.17, 15) is 14.0 Å². The Hall–Kier alpha value is -3.22. The van der Waals surface area contributed by atoms with E-state index in [1.54, 1.807) is 42.5 Å². The highest BCUT2D eigenvalue weighted by Crippen LogP contribution is 2.37. The average molecular weight is 441 g/mol. The molecule has 0 aromatic heterocycles. The normalized spacial score (nSPS) is 16.2. The van der Waals surface area contributed by atoms with Crippen LogP contribution in [0.3, 0.4) is 0 Å². The molecule has 0 bridgehead atoms. The first-order chi connectivity index (χ1) is 14.8. The Morgan fingerprint density at radius 1 is 1.29 bits per heavy atom. The summed E-state index contributed by atoms with van der Waals surface area (Å²) in [7, 11) is 0. The summed E-state index contributed by atoms with van der Waals surface area (Å²) in [6.45, 7) is 9.69. The number of hydrogen-bond donors (Lipinski definition) is 1. The molecule has 0 saturated heterocycles. The lowest BCUT2D eigenvalue weighted by Gasteiger charge is -2.34. The van der Waals surface area contributed by atoms with E-state index in [-0.39, 0.29) is 19.0 Å². The lowest BCUT2D eigenvalue weighted by atomic mass is 9.87. The second kappa shape index (κ2) is 9.73. The van der Waals surface area contributed by atoms with E-state index in [2.05, 4.69) is 18.5 Å². The summed E-state index contributed by atoms with van der Waals surface area (Å²) in [5, 5.41) is 4.23. The minimum Gasteiger partial charge on any atom is -0.351 e. The van der Waals surface area contributed by atoms with Crippen LogP contribution in [0.5, 0.6) is 0 Å². The van der Waals surface area contributed by atoms with E-state index in [1.807, 2.05) is 6.92 Å². The molecule has 2 aromatic carbocycles. The molecule has 1 N–H and O–H groups in total. The fraction of sp³-hybridized carbons (Fsp3) is 0.167. The smallest absolute Gasteiger partial charge is 0.267 e. The van der Waals surface area contributed by atoms with Crippen LogP contribution in [0.4, 0.5) is 4.39 Å². The Morgan fingerprint density at radius 2 is 2.00 bits per heavy atom. The molecule has 2 amide bonds. The third-order valence-corrected chi connectivity index (χ3v) is 5.03. The number of nitrogens with zero attached hydrogens (tertiary/aromatic N) is 1. The van der Waals surface area contributed by atoms with Crippen LogP contribution in [0.25, 0.3) is 5.70 Å². The zero-order valence-corrected chi connectivity index (χ0v) is 17.8. The van der Waals surface area contributed by atoms with Crippen LogP contribution in [0.1, 0.15) is 29.5 Å². The molecule has 0 spiro atoms. The van der Waals surface area contributed by atoms with Gasteiger partial charge in [0.2, 0.25) is 5.91 Å². The van der Waals surface area contributed by atoms with Crippen LogP contribution in [0, 0.1) is 5.82 Å². The maximum atomic E-state index is 13.2. The van der Waals surface area contributed by atoms with Gasteiger partial charge in [-0.25, -0.2) is 4.39 Å². The molecule has 1 heterocycles. The number of amides is 2. The number of fused-ring (bicyclic) bond motifs is 1. The van der Waals surface area contributed by atoms with Crippen molar-refractivity contribution in [3.8, 4) is 0 Å². The zero-order chi connectivity index (χ0) is 22.5. The van der Waals surface area contributed by atoms with E-state index < -0.39 is 17.7 Å². The summed E-state index contributed by atoms with van der Waals surface area (Å²) in [5.41, 5.74) is 2.90. The van der Waals surface area contributed by atoms with Gasteiger partial charge in [0, 0.05) is 17.1 Å². The summed E-state index contributed by atoms with van der Waals surface area (Å²) in [5.74, 6) is -2.56. The van der Waals surface area contributed by atoms with Gasteiger partial charge < -0.3 is 5.32 Å². The van der Waals surface area contributed by atoms with Gasteiger partial charge in [0.05, 0.1) is 12.3 Å². The molecule has 31 heavy (non-hydrogen) atoms. The molecule has 0 fully saturated rings. The fourth-order valence-corrected chi connectivity index (χ4v) is 3.40. The SMILES string of the molecule is C=C/C=C(\C)CON1C(=C)c2cc(Cl)ccc2C(C(=O)NCc2ccc(F)cc2)C1=O. The summed E-state index contributed by atoms with van der Waals surface area (Å²) in [6.07, 6.45) is 3.38. The quantitative estimate of drug-likeness (QED) is 0.499. The lowest BCUT2D eigenvalue weighted by Crippen LogP contribution is -2.44. The number of hydrogen-bond acceptors (Lipinski definition) is 3. The molecule has 160 valence electrons. The van der Waals surface area contributed by atoms with Crippen molar-refractivity contribution in [3.63, 3.8) is 0 Å². The van der Waals surface area contributed by atoms with E-state index in [0.29, 0.717) is 27.4 Å². The molecule has 1 atom stereocenters. The zero-order valence-electron chi connectivity index (χ0n) is 17.0. The minimum absolute atomic E-state index is 0.122. The number of rotatable bonds is 7. The molecular weight excluding hydrogens is 419 g/mol. The van der Waals surface area contributed by atoms with E-state index >= 15 is 0 Å². The summed E-state index contributed by atoms with van der Waals surface area (Å²) < 4.78 is 13.1. The van der Waals surface area contributed by atoms with Crippen LogP contribution in [0.15, 0.2) is 73.3 Å². The van der Waals surface area contributed by atoms with E-state index in [4.69, 9.17) is 16.4 Å². The van der Waals surface area contributed by atoms with Crippen molar-refractivity contribution < 1.29 is 18.8 Å². The second-order valence-corrected chi connectivity index (χ2v) is 7.55. The fourth-order valence-electron chi connectivity index (χ4n) is 3.23. The molecule has 1 aliphatic rings. The Labute approximate surface area is 185 Å². The first-order valence-electron chi connectivity index (χ1n) is 9.57. The molecule has 1 unspecified atom stereocenters. The number of benzene rings is 2. The summed E-state index contributed by atoms with van der Waals surface area (Å²) in [6, 6.07) is 10.7. The first-order valence-corrected chi connectivity index (χ1v) is 9.95. The highest BCUT2D eigenvalue weighted by Gasteiger charge is 2.41. The third-order valence-electron chi connectivity index (χ3n) is 4.80. The predicted molar refractivity (Wildman–Crippen MR) is 118 cm³/mol. The molecule has 0 aliphatic carbocycles. The van der Waals surface area contributed by atoms with Crippen molar-refractivity contribution in [2.24, 2.45) is 0 Å². The van der Waals surface area contributed by atoms with Gasteiger partial charge in [0.1, 0.15) is 11.7 Å². The number of halogens is 2. The van der Waals surface area contributed by atoms with Gasteiger partial charge in [-0.05, 0) is 47.9 Å². The van der Waals surface area contributed by atoms with Crippen molar-refractivity contribution in [2.45, 2.75) is 19.4 Å². The standard InChI is InChI=1S/C24H22ClFN2O3/c1-4-5-15(2)14-31-28-16(3)21-12-18(25)8-11-20(21)22(24(28)30)23(29)27-13-17-6-9-19(26)10-7-17/h4-12,22H,1,3,13-14H2,2H3,(H,27,29)/b15-5+. The number of carbonyl (C=O) groups excluding carboxylic acids is 2. The Kier molecular flexibility index (Phi) is 7.05. The van der Waals surface area contributed by atoms with E-state index in [1.165, 1.54) is 12.1 Å². The molecule has 7 heteroatoms. The Bertz CT molecular complexity index is 1060. The van der Waals surface area contributed by atoms with Gasteiger partial charge in [-0.15, -0.1) is 0 Å². The average Bonchev–Trinajstić information content (AvgIpc) is 2.74. The highest BCUT2D eigenvalue weighted by atomic mass is 35.5. The first kappa shape index (κ1) is 22.5. The van der Waals surface area contributed by atoms with Crippen LogP contribution in [-0.2, 0) is 21.0 Å². The van der Waals surface area contributed by atoms with Gasteiger partial charge >= 0.3 is 0 Å². The number of allylic oxidation sites excluding steroid dienone is 2. The summed E-state index contributed by atoms with van der Waals surface area (Å²) in [4.78, 5) is 31.9. The van der Waals surface area contributed by atoms with Gasteiger partial charge in [-0.1, -0.05) is 55.1 Å². The molecule has 0 radical (unpaired) electrons.